The molecule has 168 valence electrons. The lowest BCUT2D eigenvalue weighted by Gasteiger charge is -2.20. The highest BCUT2D eigenvalue weighted by Crippen LogP contribution is 2.32. The number of nitrogens with one attached hydrogen (secondary N) is 1. The molecule has 31 heavy (non-hydrogen) atoms. The van der Waals surface area contributed by atoms with Crippen molar-refractivity contribution in [2.75, 3.05) is 5.32 Å². The molecule has 5 nitrogen and oxygen atoms in total. The van der Waals surface area contributed by atoms with Crippen molar-refractivity contribution < 1.29 is 19.1 Å². The normalized spacial score (nSPS) is 13.1. The molecule has 2 rings (SSSR count). The molecule has 0 radical (unpaired) electrons. The third kappa shape index (κ3) is 6.58. The fraction of sp³-hybridized carbons (Fsp3) is 0.462. The molecule has 0 unspecified atom stereocenters. The first kappa shape index (κ1) is 24.4. The van der Waals surface area contributed by atoms with Crippen molar-refractivity contribution in [3.8, 4) is 5.75 Å². The van der Waals surface area contributed by atoms with Crippen molar-refractivity contribution in [3.05, 3.63) is 59.2 Å². The zero-order chi connectivity index (χ0) is 23.1. The van der Waals surface area contributed by atoms with E-state index in [0.717, 1.165) is 23.2 Å². The van der Waals surface area contributed by atoms with Gasteiger partial charge in [-0.05, 0) is 67.5 Å². The van der Waals surface area contributed by atoms with Crippen LogP contribution in [0.3, 0.4) is 0 Å². The predicted molar refractivity (Wildman–Crippen MR) is 125 cm³/mol. The minimum absolute atomic E-state index is 0.144. The van der Waals surface area contributed by atoms with Crippen LogP contribution in [0, 0.1) is 0 Å². The van der Waals surface area contributed by atoms with Crippen LogP contribution >= 0.6 is 0 Å². The van der Waals surface area contributed by atoms with Crippen molar-refractivity contribution in [2.45, 2.75) is 78.9 Å². The van der Waals surface area contributed by atoms with Crippen LogP contribution in [0.4, 0.5) is 5.69 Å². The second kappa shape index (κ2) is 11.0. The molecule has 0 aromatic heterocycles. The van der Waals surface area contributed by atoms with Gasteiger partial charge in [0.2, 0.25) is 0 Å². The average Bonchev–Trinajstić information content (AvgIpc) is 2.73. The molecule has 2 atom stereocenters. The van der Waals surface area contributed by atoms with Gasteiger partial charge in [0, 0.05) is 11.3 Å². The Kier molecular flexibility index (Phi) is 8.66. The lowest BCUT2D eigenvalue weighted by molar-refractivity contribution is -0.155. The number of hydrogen-bond acceptors (Lipinski definition) is 4. The maximum atomic E-state index is 12.9. The largest absolute Gasteiger partial charge is 0.479 e. The Bertz CT molecular complexity index is 861. The van der Waals surface area contributed by atoms with E-state index in [9.17, 15) is 9.59 Å². The summed E-state index contributed by atoms with van der Waals surface area (Å²) in [4.78, 5) is 25.0. The maximum Gasteiger partial charge on any atom is 0.347 e. The summed E-state index contributed by atoms with van der Waals surface area (Å²) in [5.41, 5.74) is 3.65. The fourth-order valence-electron chi connectivity index (χ4n) is 3.20. The van der Waals surface area contributed by atoms with Crippen LogP contribution < -0.4 is 10.1 Å². The zero-order valence-corrected chi connectivity index (χ0v) is 19.7. The maximum absolute atomic E-state index is 12.9. The van der Waals surface area contributed by atoms with Crippen LogP contribution in [-0.2, 0) is 9.53 Å². The van der Waals surface area contributed by atoms with Gasteiger partial charge in [0.25, 0.3) is 5.91 Å². The van der Waals surface area contributed by atoms with Crippen molar-refractivity contribution in [1.29, 1.82) is 0 Å². The molecule has 0 spiro atoms. The summed E-state index contributed by atoms with van der Waals surface area (Å²) in [5.74, 6) is 0.520. The highest BCUT2D eigenvalue weighted by atomic mass is 16.6. The number of hydrogen-bond donors (Lipinski definition) is 1. The van der Waals surface area contributed by atoms with Gasteiger partial charge in [0.15, 0.2) is 6.10 Å². The molecule has 1 N–H and O–H groups in total. The number of rotatable bonds is 9. The van der Waals surface area contributed by atoms with E-state index in [1.54, 1.807) is 31.2 Å². The summed E-state index contributed by atoms with van der Waals surface area (Å²) in [6, 6.07) is 12.9. The third-order valence-corrected chi connectivity index (χ3v) is 5.27. The van der Waals surface area contributed by atoms with E-state index in [-0.39, 0.29) is 12.0 Å². The molecule has 0 saturated heterocycles. The minimum Gasteiger partial charge on any atom is -0.479 e. The van der Waals surface area contributed by atoms with Crippen LogP contribution in [0.2, 0.25) is 0 Å². The Morgan fingerprint density at radius 3 is 1.90 bits per heavy atom. The van der Waals surface area contributed by atoms with Crippen LogP contribution in [0.5, 0.6) is 5.75 Å². The fourth-order valence-corrected chi connectivity index (χ4v) is 3.20. The van der Waals surface area contributed by atoms with E-state index in [1.807, 2.05) is 19.9 Å². The van der Waals surface area contributed by atoms with Gasteiger partial charge in [-0.2, -0.15) is 0 Å². The molecule has 0 aliphatic heterocycles. The molecule has 0 saturated carbocycles. The highest BCUT2D eigenvalue weighted by molar-refractivity contribution is 6.05. The summed E-state index contributed by atoms with van der Waals surface area (Å²) in [7, 11) is 0. The Labute approximate surface area is 186 Å². The Morgan fingerprint density at radius 2 is 1.42 bits per heavy atom. The predicted octanol–water partition coefficient (Wildman–Crippen LogP) is 6.29. The van der Waals surface area contributed by atoms with E-state index in [0.29, 0.717) is 23.1 Å². The van der Waals surface area contributed by atoms with Crippen molar-refractivity contribution >= 4 is 17.6 Å². The quantitative estimate of drug-likeness (QED) is 0.479. The van der Waals surface area contributed by atoms with Gasteiger partial charge in [0.05, 0.1) is 6.10 Å². The second-order valence-electron chi connectivity index (χ2n) is 8.52. The number of carbonyl (C=O) groups excluding carboxylic acids is 2. The molecule has 0 bridgehead atoms. The molecule has 0 fully saturated rings. The Morgan fingerprint density at radius 1 is 0.871 bits per heavy atom. The number of esters is 1. The van der Waals surface area contributed by atoms with Gasteiger partial charge in [-0.1, -0.05) is 52.8 Å². The number of benzene rings is 2. The van der Waals surface area contributed by atoms with Gasteiger partial charge in [-0.3, -0.25) is 4.79 Å². The molecule has 0 aliphatic carbocycles. The first-order valence-corrected chi connectivity index (χ1v) is 11.0. The highest BCUT2D eigenvalue weighted by Gasteiger charge is 2.19. The van der Waals surface area contributed by atoms with Crippen LogP contribution in [0.15, 0.2) is 42.5 Å². The van der Waals surface area contributed by atoms with E-state index >= 15 is 0 Å². The Hall–Kier alpha value is -2.82. The molecule has 2 aromatic carbocycles. The van der Waals surface area contributed by atoms with Gasteiger partial charge in [-0.25, -0.2) is 4.79 Å². The standard InChI is InChI=1S/C26H35NO4/c1-8-18(6)30-26(29)19(7)31-21-14-12-20(13-15-21)25(28)27-24-22(16(2)3)10-9-11-23(24)17(4)5/h9-19H,8H2,1-7H3,(H,27,28)/t18-,19-/m0/s1. The zero-order valence-electron chi connectivity index (χ0n) is 19.7. The van der Waals surface area contributed by atoms with E-state index in [2.05, 4.69) is 45.1 Å². The van der Waals surface area contributed by atoms with Crippen molar-refractivity contribution in [2.24, 2.45) is 0 Å². The number of carbonyl (C=O) groups is 2. The average molecular weight is 426 g/mol. The molecule has 1 amide bonds. The SMILES string of the molecule is CC[C@H](C)OC(=O)[C@H](C)Oc1ccc(C(=O)Nc2c(C(C)C)cccc2C(C)C)cc1. The smallest absolute Gasteiger partial charge is 0.347 e. The molecule has 0 heterocycles. The number of amides is 1. The van der Waals surface area contributed by atoms with Crippen LogP contribution in [-0.4, -0.2) is 24.1 Å². The lowest BCUT2D eigenvalue weighted by atomic mass is 9.92. The first-order chi connectivity index (χ1) is 14.6. The van der Waals surface area contributed by atoms with Gasteiger partial charge >= 0.3 is 5.97 Å². The number of anilines is 1. The molecule has 2 aromatic rings. The van der Waals surface area contributed by atoms with E-state index in [4.69, 9.17) is 9.47 Å². The topological polar surface area (TPSA) is 64.6 Å². The third-order valence-electron chi connectivity index (χ3n) is 5.27. The Balaban J connectivity index is 2.12. The lowest BCUT2D eigenvalue weighted by Crippen LogP contribution is -2.29. The molecular weight excluding hydrogens is 390 g/mol. The second-order valence-corrected chi connectivity index (χ2v) is 8.52. The minimum atomic E-state index is -0.722. The number of ether oxygens (including phenoxy) is 2. The van der Waals surface area contributed by atoms with Crippen molar-refractivity contribution in [3.63, 3.8) is 0 Å². The van der Waals surface area contributed by atoms with E-state index < -0.39 is 12.1 Å². The van der Waals surface area contributed by atoms with Gasteiger partial charge in [-0.15, -0.1) is 0 Å². The molecular formula is C26H35NO4. The summed E-state index contributed by atoms with van der Waals surface area (Å²) in [6.07, 6.45) is -0.116. The summed E-state index contributed by atoms with van der Waals surface area (Å²) < 4.78 is 11.0. The monoisotopic (exact) mass is 425 g/mol. The molecule has 0 aliphatic rings. The number of para-hydroxylation sites is 1. The van der Waals surface area contributed by atoms with Crippen LogP contribution in [0.25, 0.3) is 0 Å². The van der Waals surface area contributed by atoms with Gasteiger partial charge in [0.1, 0.15) is 5.75 Å². The molecule has 5 heteroatoms. The van der Waals surface area contributed by atoms with Crippen LogP contribution in [0.1, 0.15) is 88.2 Å². The van der Waals surface area contributed by atoms with Gasteiger partial charge < -0.3 is 14.8 Å². The summed E-state index contributed by atoms with van der Waals surface area (Å²) in [6.45, 7) is 13.9. The first-order valence-electron chi connectivity index (χ1n) is 11.0. The summed E-state index contributed by atoms with van der Waals surface area (Å²) >= 11 is 0. The van der Waals surface area contributed by atoms with Crippen molar-refractivity contribution in [1.82, 2.24) is 0 Å². The van der Waals surface area contributed by atoms with E-state index in [1.165, 1.54) is 0 Å². The summed E-state index contributed by atoms with van der Waals surface area (Å²) in [5, 5.41) is 3.11.